The van der Waals surface area contributed by atoms with E-state index in [4.69, 9.17) is 14.1 Å². The third-order valence-corrected chi connectivity index (χ3v) is 5.05. The first kappa shape index (κ1) is 17.3. The van der Waals surface area contributed by atoms with Crippen LogP contribution in [0.15, 0.2) is 75.9 Å². The maximum absolute atomic E-state index is 13.0. The normalized spacial score (nSPS) is 11.2. The summed E-state index contributed by atoms with van der Waals surface area (Å²) in [6.45, 7) is 1.97. The van der Waals surface area contributed by atoms with E-state index in [1.54, 1.807) is 7.11 Å². The largest absolute Gasteiger partial charge is 0.497 e. The van der Waals surface area contributed by atoms with Crippen LogP contribution in [0, 0.1) is 6.92 Å². The summed E-state index contributed by atoms with van der Waals surface area (Å²) in [5.74, 6) is 0.765. The lowest BCUT2D eigenvalue weighted by Crippen LogP contribution is -2.06. The van der Waals surface area contributed by atoms with Crippen LogP contribution in [0.25, 0.3) is 32.8 Å². The van der Waals surface area contributed by atoms with Gasteiger partial charge in [0.15, 0.2) is 0 Å². The van der Waals surface area contributed by atoms with Gasteiger partial charge in [-0.3, -0.25) is 0 Å². The lowest BCUT2D eigenvalue weighted by molar-refractivity contribution is 0.415. The third kappa shape index (κ3) is 2.88. The number of nitrogens with one attached hydrogen (secondary N) is 1. The molecule has 142 valence electrons. The fourth-order valence-electron chi connectivity index (χ4n) is 3.61. The molecular weight excluding hydrogens is 364 g/mol. The summed E-state index contributed by atoms with van der Waals surface area (Å²) in [4.78, 5) is 17.8. The Bertz CT molecular complexity index is 1440. The van der Waals surface area contributed by atoms with Crippen LogP contribution in [-0.2, 0) is 0 Å². The highest BCUT2D eigenvalue weighted by molar-refractivity contribution is 6.14. The maximum atomic E-state index is 13.0. The fourth-order valence-corrected chi connectivity index (χ4v) is 3.61. The van der Waals surface area contributed by atoms with E-state index in [0.717, 1.165) is 33.3 Å². The molecule has 0 aliphatic carbocycles. The van der Waals surface area contributed by atoms with Gasteiger partial charge in [-0.1, -0.05) is 24.3 Å². The number of hydrogen-bond acceptors (Lipinski definition) is 5. The summed E-state index contributed by atoms with van der Waals surface area (Å²) < 4.78 is 10.9. The number of anilines is 2. The Morgan fingerprint density at radius 2 is 1.76 bits per heavy atom. The molecule has 0 saturated carbocycles. The number of aromatic nitrogens is 1. The molecule has 2 heterocycles. The Morgan fingerprint density at radius 3 is 2.55 bits per heavy atom. The van der Waals surface area contributed by atoms with Crippen molar-refractivity contribution in [1.82, 2.24) is 4.98 Å². The molecule has 0 bridgehead atoms. The summed E-state index contributed by atoms with van der Waals surface area (Å²) in [5.41, 5.74) is 4.12. The van der Waals surface area contributed by atoms with Crippen molar-refractivity contribution in [3.05, 3.63) is 82.7 Å². The molecule has 5 rings (SSSR count). The molecule has 0 amide bonds. The summed E-state index contributed by atoms with van der Waals surface area (Å²) in [5, 5.41) is 5.51. The first-order chi connectivity index (χ1) is 14.1. The number of hydrogen-bond donors (Lipinski definition) is 1. The van der Waals surface area contributed by atoms with Gasteiger partial charge in [-0.05, 0) is 55.0 Å². The van der Waals surface area contributed by atoms with Crippen LogP contribution in [0.5, 0.6) is 5.75 Å². The number of rotatable bonds is 3. The molecule has 0 aliphatic heterocycles. The second-order valence-corrected chi connectivity index (χ2v) is 6.97. The zero-order chi connectivity index (χ0) is 20.0. The van der Waals surface area contributed by atoms with Gasteiger partial charge in [-0.25, -0.2) is 9.78 Å². The van der Waals surface area contributed by atoms with Gasteiger partial charge in [0.1, 0.15) is 16.7 Å². The summed E-state index contributed by atoms with van der Waals surface area (Å²) in [6.07, 6.45) is 0. The molecule has 3 aromatic carbocycles. The first-order valence-corrected chi connectivity index (χ1v) is 9.31. The van der Waals surface area contributed by atoms with E-state index in [9.17, 15) is 4.79 Å². The van der Waals surface area contributed by atoms with E-state index >= 15 is 0 Å². The van der Waals surface area contributed by atoms with Gasteiger partial charge in [0.2, 0.25) is 0 Å². The predicted molar refractivity (Wildman–Crippen MR) is 116 cm³/mol. The molecule has 1 N–H and O–H groups in total. The molecule has 5 aromatic rings. The van der Waals surface area contributed by atoms with Crippen molar-refractivity contribution in [3.8, 4) is 5.75 Å². The standard InChI is InChI=1S/C24H18N2O3/c1-14-7-12-18-20(13-14)29-24(27)21-22(25-15-8-10-16(28-2)11-9-15)17-5-3-4-6-19(17)26-23(18)21/h3-13H,1-2H3,(H,25,26). The van der Waals surface area contributed by atoms with E-state index in [1.807, 2.05) is 73.7 Å². The molecule has 0 unspecified atom stereocenters. The zero-order valence-corrected chi connectivity index (χ0v) is 16.0. The van der Waals surface area contributed by atoms with Gasteiger partial charge in [-0.2, -0.15) is 0 Å². The Morgan fingerprint density at radius 1 is 0.966 bits per heavy atom. The van der Waals surface area contributed by atoms with Crippen LogP contribution in [0.1, 0.15) is 5.56 Å². The van der Waals surface area contributed by atoms with Gasteiger partial charge < -0.3 is 14.5 Å². The Labute approximate surface area is 166 Å². The second kappa shape index (κ2) is 6.63. The van der Waals surface area contributed by atoms with Crippen LogP contribution in [-0.4, -0.2) is 12.1 Å². The van der Waals surface area contributed by atoms with E-state index < -0.39 is 5.63 Å². The quantitative estimate of drug-likeness (QED) is 0.252. The lowest BCUT2D eigenvalue weighted by atomic mass is 10.1. The number of fused-ring (bicyclic) bond motifs is 4. The average Bonchev–Trinajstić information content (AvgIpc) is 2.74. The average molecular weight is 382 g/mol. The van der Waals surface area contributed by atoms with Crippen LogP contribution in [0.3, 0.4) is 0 Å². The number of nitrogens with zero attached hydrogens (tertiary/aromatic N) is 1. The highest BCUT2D eigenvalue weighted by Gasteiger charge is 2.17. The van der Waals surface area contributed by atoms with Crippen molar-refractivity contribution in [1.29, 1.82) is 0 Å². The van der Waals surface area contributed by atoms with Crippen molar-refractivity contribution in [3.63, 3.8) is 0 Å². The first-order valence-electron chi connectivity index (χ1n) is 9.31. The molecule has 29 heavy (non-hydrogen) atoms. The molecule has 0 saturated heterocycles. The highest BCUT2D eigenvalue weighted by atomic mass is 16.5. The predicted octanol–water partition coefficient (Wildman–Crippen LogP) is 5.56. The number of benzene rings is 3. The number of para-hydroxylation sites is 1. The van der Waals surface area contributed by atoms with Crippen molar-refractivity contribution in [2.24, 2.45) is 0 Å². The molecule has 0 radical (unpaired) electrons. The van der Waals surface area contributed by atoms with Crippen molar-refractivity contribution in [2.45, 2.75) is 6.92 Å². The maximum Gasteiger partial charge on any atom is 0.347 e. The van der Waals surface area contributed by atoms with Gasteiger partial charge in [-0.15, -0.1) is 0 Å². The van der Waals surface area contributed by atoms with Crippen LogP contribution < -0.4 is 15.7 Å². The van der Waals surface area contributed by atoms with Crippen LogP contribution >= 0.6 is 0 Å². The van der Waals surface area contributed by atoms with Gasteiger partial charge in [0.05, 0.1) is 23.8 Å². The summed E-state index contributed by atoms with van der Waals surface area (Å²) >= 11 is 0. The van der Waals surface area contributed by atoms with E-state index in [2.05, 4.69) is 5.32 Å². The molecular formula is C24H18N2O3. The molecule has 0 atom stereocenters. The molecule has 0 fully saturated rings. The minimum absolute atomic E-state index is 0.410. The number of ether oxygens (including phenoxy) is 1. The van der Waals surface area contributed by atoms with Crippen molar-refractivity contribution >= 4 is 44.1 Å². The second-order valence-electron chi connectivity index (χ2n) is 6.97. The van der Waals surface area contributed by atoms with Crippen LogP contribution in [0.4, 0.5) is 11.4 Å². The van der Waals surface area contributed by atoms with Crippen molar-refractivity contribution < 1.29 is 9.15 Å². The Hall–Kier alpha value is -3.86. The number of aryl methyl sites for hydroxylation is 1. The fraction of sp³-hybridized carbons (Fsp3) is 0.0833. The van der Waals surface area contributed by atoms with E-state index in [1.165, 1.54) is 0 Å². The molecule has 2 aromatic heterocycles. The van der Waals surface area contributed by atoms with Gasteiger partial charge in [0.25, 0.3) is 0 Å². The van der Waals surface area contributed by atoms with Crippen LogP contribution in [0.2, 0.25) is 0 Å². The summed E-state index contributed by atoms with van der Waals surface area (Å²) in [6, 6.07) is 21.1. The Balaban J connectivity index is 1.85. The zero-order valence-electron chi connectivity index (χ0n) is 16.0. The monoisotopic (exact) mass is 382 g/mol. The molecule has 5 nitrogen and oxygen atoms in total. The summed E-state index contributed by atoms with van der Waals surface area (Å²) in [7, 11) is 1.63. The highest BCUT2D eigenvalue weighted by Crippen LogP contribution is 2.34. The molecule has 5 heteroatoms. The topological polar surface area (TPSA) is 64.4 Å². The SMILES string of the molecule is COc1ccc(Nc2c3ccccc3nc3c2c(=O)oc2cc(C)ccc23)cc1. The Kier molecular flexibility index (Phi) is 3.95. The van der Waals surface area contributed by atoms with E-state index in [0.29, 0.717) is 22.2 Å². The smallest absolute Gasteiger partial charge is 0.347 e. The molecule has 0 aliphatic rings. The minimum Gasteiger partial charge on any atom is -0.497 e. The number of pyridine rings is 1. The van der Waals surface area contributed by atoms with Crippen molar-refractivity contribution in [2.75, 3.05) is 12.4 Å². The van der Waals surface area contributed by atoms with Gasteiger partial charge in [0, 0.05) is 16.5 Å². The lowest BCUT2D eigenvalue weighted by Gasteiger charge is -2.14. The third-order valence-electron chi connectivity index (χ3n) is 5.05. The minimum atomic E-state index is -0.410. The number of methoxy groups -OCH3 is 1. The molecule has 0 spiro atoms. The van der Waals surface area contributed by atoms with E-state index in [-0.39, 0.29) is 0 Å². The van der Waals surface area contributed by atoms with Gasteiger partial charge >= 0.3 is 5.63 Å².